The fourth-order valence-corrected chi connectivity index (χ4v) is 2.47. The van der Waals surface area contributed by atoms with Crippen LogP contribution < -0.4 is 24.8 Å². The number of carbonyl (C=O) groups is 2. The quantitative estimate of drug-likeness (QED) is 0.512. The average Bonchev–Trinajstić information content (AvgIpc) is 2.74. The van der Waals surface area contributed by atoms with Crippen molar-refractivity contribution in [3.05, 3.63) is 59.7 Å². The van der Waals surface area contributed by atoms with Crippen LogP contribution in [0, 0.1) is 0 Å². The van der Waals surface area contributed by atoms with E-state index in [-0.39, 0.29) is 11.8 Å². The highest BCUT2D eigenvalue weighted by Crippen LogP contribution is 2.27. The Morgan fingerprint density at radius 3 is 2.25 bits per heavy atom. The molecular weight excluding hydrogens is 360 g/mol. The number of para-hydroxylation sites is 1. The zero-order valence-electron chi connectivity index (χ0n) is 16.2. The number of ether oxygens (including phenoxy) is 3. The van der Waals surface area contributed by atoms with Crippen LogP contribution in [0.15, 0.2) is 48.5 Å². The number of methoxy groups -OCH3 is 3. The van der Waals surface area contributed by atoms with E-state index < -0.39 is 0 Å². The van der Waals surface area contributed by atoms with Crippen molar-refractivity contribution in [1.29, 1.82) is 0 Å². The summed E-state index contributed by atoms with van der Waals surface area (Å²) < 4.78 is 15.6. The molecule has 28 heavy (non-hydrogen) atoms. The lowest BCUT2D eigenvalue weighted by Gasteiger charge is -2.10. The van der Waals surface area contributed by atoms with Gasteiger partial charge in [-0.2, -0.15) is 0 Å². The first-order valence-electron chi connectivity index (χ1n) is 8.68. The smallest absolute Gasteiger partial charge is 0.251 e. The van der Waals surface area contributed by atoms with Crippen LogP contribution in [0.2, 0.25) is 0 Å². The van der Waals surface area contributed by atoms with Crippen LogP contribution in [-0.4, -0.2) is 46.2 Å². The second-order valence-corrected chi connectivity index (χ2v) is 5.69. The van der Waals surface area contributed by atoms with E-state index in [1.165, 1.54) is 20.3 Å². The van der Waals surface area contributed by atoms with Gasteiger partial charge in [0.2, 0.25) is 5.91 Å². The molecule has 0 aliphatic carbocycles. The van der Waals surface area contributed by atoms with E-state index in [1.54, 1.807) is 31.4 Å². The van der Waals surface area contributed by atoms with Crippen LogP contribution in [0.1, 0.15) is 15.9 Å². The Labute approximate surface area is 164 Å². The minimum absolute atomic E-state index is 0.258. The lowest BCUT2D eigenvalue weighted by atomic mass is 10.2. The van der Waals surface area contributed by atoms with Gasteiger partial charge in [-0.1, -0.05) is 18.2 Å². The van der Waals surface area contributed by atoms with Gasteiger partial charge in [0.05, 0.1) is 21.3 Å². The summed E-state index contributed by atoms with van der Waals surface area (Å²) in [6.07, 6.45) is 3.10. The average molecular weight is 384 g/mol. The van der Waals surface area contributed by atoms with Gasteiger partial charge in [0.25, 0.3) is 5.91 Å². The van der Waals surface area contributed by atoms with Crippen LogP contribution in [-0.2, 0) is 4.79 Å². The molecule has 0 aromatic heterocycles. The molecule has 7 heteroatoms. The molecule has 148 valence electrons. The second kappa shape index (κ2) is 10.6. The lowest BCUT2D eigenvalue weighted by molar-refractivity contribution is -0.116. The predicted molar refractivity (Wildman–Crippen MR) is 107 cm³/mol. The van der Waals surface area contributed by atoms with Gasteiger partial charge >= 0.3 is 0 Å². The van der Waals surface area contributed by atoms with Crippen molar-refractivity contribution < 1.29 is 23.8 Å². The third-order valence-corrected chi connectivity index (χ3v) is 3.91. The Kier molecular flexibility index (Phi) is 7.90. The summed E-state index contributed by atoms with van der Waals surface area (Å²) in [5, 5.41) is 5.45. The van der Waals surface area contributed by atoms with Gasteiger partial charge in [-0.05, 0) is 30.3 Å². The maximum Gasteiger partial charge on any atom is 0.251 e. The van der Waals surface area contributed by atoms with Crippen molar-refractivity contribution in [2.75, 3.05) is 34.4 Å². The van der Waals surface area contributed by atoms with Gasteiger partial charge in [0, 0.05) is 30.3 Å². The third-order valence-electron chi connectivity index (χ3n) is 3.91. The number of hydrogen-bond acceptors (Lipinski definition) is 5. The first kappa shape index (κ1) is 20.8. The number of nitrogens with one attached hydrogen (secondary N) is 2. The molecule has 2 rings (SSSR count). The zero-order chi connectivity index (χ0) is 20.4. The van der Waals surface area contributed by atoms with Crippen molar-refractivity contribution in [3.63, 3.8) is 0 Å². The summed E-state index contributed by atoms with van der Waals surface area (Å²) >= 11 is 0. The summed E-state index contributed by atoms with van der Waals surface area (Å²) in [7, 11) is 4.62. The lowest BCUT2D eigenvalue weighted by Crippen LogP contribution is -2.34. The minimum Gasteiger partial charge on any atom is -0.496 e. The molecule has 2 aromatic rings. The second-order valence-electron chi connectivity index (χ2n) is 5.69. The van der Waals surface area contributed by atoms with Gasteiger partial charge < -0.3 is 24.8 Å². The van der Waals surface area contributed by atoms with E-state index in [2.05, 4.69) is 10.6 Å². The van der Waals surface area contributed by atoms with Crippen molar-refractivity contribution in [2.45, 2.75) is 0 Å². The summed E-state index contributed by atoms with van der Waals surface area (Å²) in [5.74, 6) is 1.19. The van der Waals surface area contributed by atoms with Crippen molar-refractivity contribution in [1.82, 2.24) is 10.6 Å². The molecule has 2 amide bonds. The Bertz CT molecular complexity index is 848. The molecule has 0 saturated heterocycles. The summed E-state index contributed by atoms with van der Waals surface area (Å²) in [6, 6.07) is 12.3. The summed E-state index contributed by atoms with van der Waals surface area (Å²) in [5.41, 5.74) is 1.25. The van der Waals surface area contributed by atoms with Gasteiger partial charge in [-0.25, -0.2) is 0 Å². The van der Waals surface area contributed by atoms with E-state index in [9.17, 15) is 9.59 Å². The fourth-order valence-electron chi connectivity index (χ4n) is 2.47. The molecule has 0 aliphatic heterocycles. The highest BCUT2D eigenvalue weighted by molar-refractivity contribution is 5.95. The molecular formula is C21H24N2O5. The highest BCUT2D eigenvalue weighted by Gasteiger charge is 2.10. The molecule has 0 saturated carbocycles. The van der Waals surface area contributed by atoms with Crippen LogP contribution in [0.3, 0.4) is 0 Å². The maximum absolute atomic E-state index is 12.2. The van der Waals surface area contributed by atoms with E-state index in [1.807, 2.05) is 24.3 Å². The van der Waals surface area contributed by atoms with Crippen molar-refractivity contribution in [3.8, 4) is 17.2 Å². The number of rotatable bonds is 9. The van der Waals surface area contributed by atoms with E-state index in [4.69, 9.17) is 14.2 Å². The maximum atomic E-state index is 12.2. The molecule has 0 bridgehead atoms. The molecule has 7 nitrogen and oxygen atoms in total. The Balaban J connectivity index is 1.79. The molecule has 2 aromatic carbocycles. The van der Waals surface area contributed by atoms with E-state index in [0.717, 1.165) is 5.56 Å². The number of amides is 2. The van der Waals surface area contributed by atoms with Crippen molar-refractivity contribution in [2.24, 2.45) is 0 Å². The van der Waals surface area contributed by atoms with Gasteiger partial charge in [0.1, 0.15) is 5.75 Å². The molecule has 0 heterocycles. The summed E-state index contributed by atoms with van der Waals surface area (Å²) in [6.45, 7) is 0.593. The highest BCUT2D eigenvalue weighted by atomic mass is 16.5. The number of hydrogen-bond donors (Lipinski definition) is 2. The minimum atomic E-state index is -0.264. The molecule has 0 spiro atoms. The summed E-state index contributed by atoms with van der Waals surface area (Å²) in [4.78, 5) is 24.1. The standard InChI is InChI=1S/C21H24N2O5/c1-26-17-7-5-4-6-15(17)9-11-20(24)22-12-13-23-21(25)16-8-10-18(27-2)19(14-16)28-3/h4-11,14H,12-13H2,1-3H3,(H,22,24)(H,23,25)/b11-9+. The SMILES string of the molecule is COc1ccccc1/C=C/C(=O)NCCNC(=O)c1ccc(OC)c(OC)c1. The largest absolute Gasteiger partial charge is 0.496 e. The topological polar surface area (TPSA) is 85.9 Å². The van der Waals surface area contributed by atoms with Crippen LogP contribution in [0.4, 0.5) is 0 Å². The number of benzene rings is 2. The van der Waals surface area contributed by atoms with Crippen LogP contribution in [0.25, 0.3) is 6.08 Å². The Hall–Kier alpha value is -3.48. The third kappa shape index (κ3) is 5.77. The molecule has 0 aliphatic rings. The molecule has 2 N–H and O–H groups in total. The monoisotopic (exact) mass is 384 g/mol. The molecule has 0 radical (unpaired) electrons. The van der Waals surface area contributed by atoms with Gasteiger partial charge in [-0.15, -0.1) is 0 Å². The molecule has 0 atom stereocenters. The molecule has 0 fully saturated rings. The zero-order valence-corrected chi connectivity index (χ0v) is 16.2. The van der Waals surface area contributed by atoms with Gasteiger partial charge in [-0.3, -0.25) is 9.59 Å². The van der Waals surface area contributed by atoms with Crippen LogP contribution in [0.5, 0.6) is 17.2 Å². The first-order chi connectivity index (χ1) is 13.6. The fraction of sp³-hybridized carbons (Fsp3) is 0.238. The predicted octanol–water partition coefficient (Wildman–Crippen LogP) is 2.27. The normalized spacial score (nSPS) is 10.4. The van der Waals surface area contributed by atoms with Crippen LogP contribution >= 0.6 is 0 Å². The first-order valence-corrected chi connectivity index (χ1v) is 8.68. The van der Waals surface area contributed by atoms with E-state index >= 15 is 0 Å². The van der Waals surface area contributed by atoms with Crippen molar-refractivity contribution >= 4 is 17.9 Å². The van der Waals surface area contributed by atoms with E-state index in [0.29, 0.717) is 35.9 Å². The number of carbonyl (C=O) groups excluding carboxylic acids is 2. The Morgan fingerprint density at radius 2 is 1.54 bits per heavy atom. The molecule has 0 unspecified atom stereocenters. The Morgan fingerprint density at radius 1 is 0.857 bits per heavy atom. The van der Waals surface area contributed by atoms with Gasteiger partial charge in [0.15, 0.2) is 11.5 Å².